The van der Waals surface area contributed by atoms with E-state index in [0.29, 0.717) is 35.7 Å². The number of allylic oxidation sites excluding steroid dienone is 5. The third kappa shape index (κ3) is 7.83. The molecule has 5 nitrogen and oxygen atoms in total. The largest absolute Gasteiger partial charge is 0.508 e. The molecular weight excluding hydrogens is 536 g/mol. The first-order valence-corrected chi connectivity index (χ1v) is 17.4. The number of fused-ring (bicyclic) bond motifs is 1. The van der Waals surface area contributed by atoms with Crippen LogP contribution in [0.25, 0.3) is 0 Å². The molecule has 0 aromatic rings. The van der Waals surface area contributed by atoms with Gasteiger partial charge in [-0.25, -0.2) is 8.70 Å². The van der Waals surface area contributed by atoms with Crippen LogP contribution in [0.2, 0.25) is 0 Å². The zero-order valence-corrected chi connectivity index (χ0v) is 29.0. The number of hydrogen-bond donors (Lipinski definition) is 2. The molecule has 6 heteroatoms. The molecule has 2 saturated carbocycles. The molecule has 238 valence electrons. The predicted molar refractivity (Wildman–Crippen MR) is 185 cm³/mol. The van der Waals surface area contributed by atoms with E-state index in [-0.39, 0.29) is 10.8 Å². The first-order valence-electron chi connectivity index (χ1n) is 16.7. The lowest BCUT2D eigenvalue weighted by molar-refractivity contribution is -0.0968. The summed E-state index contributed by atoms with van der Waals surface area (Å²) in [7, 11) is 2.24. The first-order chi connectivity index (χ1) is 19.9. The Hall–Kier alpha value is -1.34. The summed E-state index contributed by atoms with van der Waals surface area (Å²) < 4.78 is 7.33. The van der Waals surface area contributed by atoms with E-state index in [1.807, 2.05) is 12.2 Å². The molecule has 3 aliphatic rings. The minimum atomic E-state index is 0.124. The third-order valence-corrected chi connectivity index (χ3v) is 12.5. The van der Waals surface area contributed by atoms with E-state index in [0.717, 1.165) is 49.1 Å². The zero-order chi connectivity index (χ0) is 31.1. The van der Waals surface area contributed by atoms with Gasteiger partial charge in [-0.15, -0.1) is 0 Å². The lowest BCUT2D eigenvalue weighted by atomic mass is 9.53. The smallest absolute Gasteiger partial charge is 0.111 e. The normalized spacial score (nSPS) is 31.1. The van der Waals surface area contributed by atoms with Crippen molar-refractivity contribution >= 4 is 17.8 Å². The molecule has 42 heavy (non-hydrogen) atoms. The van der Waals surface area contributed by atoms with Gasteiger partial charge in [0.05, 0.1) is 12.1 Å². The van der Waals surface area contributed by atoms with Crippen LogP contribution in [0.4, 0.5) is 0 Å². The van der Waals surface area contributed by atoms with Crippen molar-refractivity contribution in [3.05, 3.63) is 47.8 Å². The highest BCUT2D eigenvalue weighted by Crippen LogP contribution is 2.67. The fourth-order valence-corrected chi connectivity index (χ4v) is 8.86. The monoisotopic (exact) mass is 598 g/mol. The third-order valence-electron chi connectivity index (χ3n) is 11.6. The number of nitrogens with two attached hydrogens (primary N) is 1. The van der Waals surface area contributed by atoms with E-state index in [2.05, 4.69) is 83.4 Å². The number of rotatable bonds is 16. The van der Waals surface area contributed by atoms with Crippen LogP contribution in [-0.4, -0.2) is 58.8 Å². The molecule has 0 spiro atoms. The molecule has 0 aromatic carbocycles. The van der Waals surface area contributed by atoms with Gasteiger partial charge in [0, 0.05) is 30.9 Å². The van der Waals surface area contributed by atoms with Crippen molar-refractivity contribution in [1.82, 2.24) is 9.21 Å². The number of aliphatic hydroxyl groups is 1. The van der Waals surface area contributed by atoms with E-state index in [1.54, 1.807) is 12.1 Å². The maximum Gasteiger partial charge on any atom is 0.111 e. The van der Waals surface area contributed by atoms with Gasteiger partial charge in [-0.05, 0) is 133 Å². The molecule has 0 amide bonds. The van der Waals surface area contributed by atoms with Gasteiger partial charge in [0.25, 0.3) is 0 Å². The van der Waals surface area contributed by atoms with Crippen molar-refractivity contribution in [2.75, 3.05) is 26.7 Å². The van der Waals surface area contributed by atoms with Crippen LogP contribution in [0.5, 0.6) is 0 Å². The van der Waals surface area contributed by atoms with E-state index in [9.17, 15) is 5.11 Å². The van der Waals surface area contributed by atoms with Crippen molar-refractivity contribution in [3.8, 4) is 0 Å². The zero-order valence-electron chi connectivity index (χ0n) is 28.2. The van der Waals surface area contributed by atoms with Gasteiger partial charge < -0.3 is 10.8 Å². The van der Waals surface area contributed by atoms with Crippen molar-refractivity contribution < 1.29 is 5.11 Å². The van der Waals surface area contributed by atoms with Crippen LogP contribution in [0.1, 0.15) is 113 Å². The Morgan fingerprint density at radius 2 is 1.90 bits per heavy atom. The Balaban J connectivity index is 1.96. The van der Waals surface area contributed by atoms with E-state index >= 15 is 0 Å². The molecule has 5 atom stereocenters. The lowest BCUT2D eigenvalue weighted by Crippen LogP contribution is -2.61. The second kappa shape index (κ2) is 15.1. The summed E-state index contributed by atoms with van der Waals surface area (Å²) >= 11 is 1.61. The molecule has 0 bridgehead atoms. The van der Waals surface area contributed by atoms with Crippen molar-refractivity contribution in [1.29, 1.82) is 0 Å². The topological polar surface area (TPSA) is 65.1 Å². The summed E-state index contributed by atoms with van der Waals surface area (Å²) in [6, 6.07) is 0.948. The van der Waals surface area contributed by atoms with Gasteiger partial charge in [0.1, 0.15) is 5.76 Å². The highest BCUT2D eigenvalue weighted by atomic mass is 32.2. The molecular formula is C36H62N4OS. The van der Waals surface area contributed by atoms with E-state index < -0.39 is 0 Å². The van der Waals surface area contributed by atoms with Crippen LogP contribution in [0, 0.1) is 22.2 Å². The number of aliphatic hydroxyl groups excluding tert-OH is 1. The van der Waals surface area contributed by atoms with Gasteiger partial charge in [0.15, 0.2) is 0 Å². The highest BCUT2D eigenvalue weighted by molar-refractivity contribution is 7.95. The van der Waals surface area contributed by atoms with E-state index in [1.165, 1.54) is 45.1 Å². The molecule has 0 aromatic heterocycles. The summed E-state index contributed by atoms with van der Waals surface area (Å²) in [6.07, 6.45) is 19.9. The van der Waals surface area contributed by atoms with Crippen LogP contribution < -0.4 is 5.73 Å². The minimum Gasteiger partial charge on any atom is -0.508 e. The molecule has 3 N–H and O–H groups in total. The van der Waals surface area contributed by atoms with Gasteiger partial charge >= 0.3 is 0 Å². The van der Waals surface area contributed by atoms with Crippen molar-refractivity contribution in [2.24, 2.45) is 32.3 Å². The fraction of sp³-hybridized carbons (Fsp3) is 0.750. The quantitative estimate of drug-likeness (QED) is 0.0803. The van der Waals surface area contributed by atoms with Gasteiger partial charge in [-0.2, -0.15) is 0 Å². The van der Waals surface area contributed by atoms with Gasteiger partial charge in [0.2, 0.25) is 0 Å². The van der Waals surface area contributed by atoms with Gasteiger partial charge in [-0.1, -0.05) is 57.9 Å². The second-order valence-corrected chi connectivity index (χ2v) is 15.0. The Bertz CT molecular complexity index is 1040. The van der Waals surface area contributed by atoms with E-state index in [4.69, 9.17) is 10.1 Å². The number of piperidine rings is 1. The minimum absolute atomic E-state index is 0.124. The second-order valence-electron chi connectivity index (χ2n) is 14.1. The molecule has 1 saturated heterocycles. The average molecular weight is 599 g/mol. The van der Waals surface area contributed by atoms with Crippen LogP contribution in [0.3, 0.4) is 0 Å². The summed E-state index contributed by atoms with van der Waals surface area (Å²) in [4.78, 5) is 2.85. The average Bonchev–Trinajstić information content (AvgIpc) is 3.69. The van der Waals surface area contributed by atoms with Crippen LogP contribution in [0.15, 0.2) is 52.2 Å². The lowest BCUT2D eigenvalue weighted by Gasteiger charge is -2.59. The number of nitrogens with zero attached hydrogens (tertiary/aromatic N) is 3. The predicted octanol–water partition coefficient (Wildman–Crippen LogP) is 9.06. The maximum atomic E-state index is 11.0. The molecule has 0 radical (unpaired) electrons. The summed E-state index contributed by atoms with van der Waals surface area (Å²) in [5.41, 5.74) is 9.88. The number of likely N-dealkylation sites (tertiary alicyclic amines) is 1. The van der Waals surface area contributed by atoms with Crippen molar-refractivity contribution in [2.45, 2.75) is 125 Å². The summed E-state index contributed by atoms with van der Waals surface area (Å²) in [6.45, 7) is 23.1. The fourth-order valence-electron chi connectivity index (χ4n) is 8.17. The Labute approximate surface area is 263 Å². The van der Waals surface area contributed by atoms with Crippen LogP contribution >= 0.6 is 12.1 Å². The van der Waals surface area contributed by atoms with Crippen LogP contribution in [-0.2, 0) is 0 Å². The summed E-state index contributed by atoms with van der Waals surface area (Å²) in [5.74, 6) is 0.920. The molecule has 2 aliphatic carbocycles. The standard InChI is InChI=1S/C36H62N4OS/c1-10-13-33(39(9)42-38-29(6)24-28(5)25-37)32-17-18-34(8)30(7)40(26-35(12-3)20-21-35)23-22-36(32,34)19-16-31(41)15-14-27(4)11-2/h14-16,24,30,32-33,41H,4,10-13,17-23,25-26,37H2,1-3,5-9H3/b15-14-,28-24-,31-16+,38-29-. The molecule has 5 unspecified atom stereocenters. The van der Waals surface area contributed by atoms with Gasteiger partial charge in [-0.3, -0.25) is 4.90 Å². The Morgan fingerprint density at radius 3 is 2.50 bits per heavy atom. The molecule has 3 rings (SSSR count). The Morgan fingerprint density at radius 1 is 1.19 bits per heavy atom. The highest BCUT2D eigenvalue weighted by Gasteiger charge is 2.64. The molecule has 3 fully saturated rings. The molecule has 1 heterocycles. The Kier molecular flexibility index (Phi) is 12.6. The molecule has 1 aliphatic heterocycles. The van der Waals surface area contributed by atoms with Crippen molar-refractivity contribution in [3.63, 3.8) is 0 Å². The SMILES string of the molecule is C=C(/C=C\C(O)=C/CC12CCN(CC3(CC)CC3)C(C)C1(C)CCC2C(CCC)N(C)S/N=C(C)\C=C(\C)CN)CC. The summed E-state index contributed by atoms with van der Waals surface area (Å²) in [5, 5.41) is 11.0. The maximum absolute atomic E-state index is 11.0. The first kappa shape index (κ1) is 35.1. The number of hydrogen-bond acceptors (Lipinski definition) is 6.